The van der Waals surface area contributed by atoms with Gasteiger partial charge in [-0.25, -0.2) is 0 Å². The van der Waals surface area contributed by atoms with Gasteiger partial charge in [0.25, 0.3) is 0 Å². The normalized spacial score (nSPS) is 13.9. The van der Waals surface area contributed by atoms with Gasteiger partial charge in [0, 0.05) is 12.5 Å². The monoisotopic (exact) mass is 324 g/mol. The van der Waals surface area contributed by atoms with E-state index >= 15 is 0 Å². The Morgan fingerprint density at radius 2 is 1.35 bits per heavy atom. The summed E-state index contributed by atoms with van der Waals surface area (Å²) in [5.41, 5.74) is 0. The Morgan fingerprint density at radius 3 is 1.91 bits per heavy atom. The van der Waals surface area contributed by atoms with Crippen LogP contribution in [-0.4, -0.2) is 36.2 Å². The Hall–Kier alpha value is -0.590. The third-order valence-electron chi connectivity index (χ3n) is 4.75. The van der Waals surface area contributed by atoms with E-state index in [1.165, 1.54) is 57.8 Å². The summed E-state index contributed by atoms with van der Waals surface area (Å²) in [5.74, 6) is 0. The Labute approximate surface area is 145 Å². The molecular weight excluding hydrogens is 284 g/mol. The molecule has 0 amide bonds. The van der Waals surface area contributed by atoms with Crippen LogP contribution in [0.2, 0.25) is 0 Å². The molecule has 0 saturated carbocycles. The van der Waals surface area contributed by atoms with E-state index in [2.05, 4.69) is 32.0 Å². The van der Waals surface area contributed by atoms with Gasteiger partial charge in [0.05, 0.1) is 12.2 Å². The molecule has 1 N–H and O–H groups in total. The van der Waals surface area contributed by atoms with E-state index in [9.17, 15) is 5.11 Å². The van der Waals surface area contributed by atoms with Crippen LogP contribution in [0.3, 0.4) is 0 Å². The zero-order valence-corrected chi connectivity index (χ0v) is 15.9. The molecule has 0 aromatic heterocycles. The fourth-order valence-corrected chi connectivity index (χ4v) is 3.21. The second kappa shape index (κ2) is 16.3. The average molecular weight is 325 g/mol. The number of nitriles is 1. The molecule has 3 heteroatoms. The lowest BCUT2D eigenvalue weighted by Gasteiger charge is -2.29. The van der Waals surface area contributed by atoms with Gasteiger partial charge in [0.15, 0.2) is 0 Å². The highest BCUT2D eigenvalue weighted by Crippen LogP contribution is 2.17. The van der Waals surface area contributed by atoms with Crippen molar-refractivity contribution < 1.29 is 5.11 Å². The van der Waals surface area contributed by atoms with Crippen molar-refractivity contribution in [3.63, 3.8) is 0 Å². The van der Waals surface area contributed by atoms with Crippen LogP contribution in [0.1, 0.15) is 96.8 Å². The number of rotatable bonds is 16. The summed E-state index contributed by atoms with van der Waals surface area (Å²) in [5, 5.41) is 19.0. The molecule has 0 aliphatic carbocycles. The van der Waals surface area contributed by atoms with Crippen molar-refractivity contribution in [1.82, 2.24) is 4.90 Å². The molecule has 0 saturated heterocycles. The highest BCUT2D eigenvalue weighted by Gasteiger charge is 2.20. The molecule has 0 aliphatic heterocycles. The van der Waals surface area contributed by atoms with Gasteiger partial charge in [-0.05, 0) is 33.4 Å². The van der Waals surface area contributed by atoms with E-state index in [0.29, 0.717) is 12.5 Å². The first-order valence-electron chi connectivity index (χ1n) is 9.84. The molecule has 0 spiro atoms. The van der Waals surface area contributed by atoms with Crippen LogP contribution in [0.5, 0.6) is 0 Å². The Kier molecular flexibility index (Phi) is 15.9. The molecule has 0 heterocycles. The molecule has 2 atom stereocenters. The summed E-state index contributed by atoms with van der Waals surface area (Å²) in [7, 11) is 4.17. The van der Waals surface area contributed by atoms with Gasteiger partial charge in [0.2, 0.25) is 0 Å². The predicted molar refractivity (Wildman–Crippen MR) is 99.4 cm³/mol. The van der Waals surface area contributed by atoms with Gasteiger partial charge in [0.1, 0.15) is 0 Å². The third-order valence-corrected chi connectivity index (χ3v) is 4.75. The minimum atomic E-state index is -0.185. The molecule has 2 unspecified atom stereocenters. The number of unbranched alkanes of at least 4 members (excludes halogenated alkanes) is 10. The minimum Gasteiger partial charge on any atom is -0.391 e. The third kappa shape index (κ3) is 13.5. The first-order chi connectivity index (χ1) is 11.1. The van der Waals surface area contributed by atoms with E-state index in [1.54, 1.807) is 0 Å². The predicted octanol–water partition coefficient (Wildman–Crippen LogP) is 5.28. The van der Waals surface area contributed by atoms with Crippen LogP contribution < -0.4 is 0 Å². The molecule has 136 valence electrons. The van der Waals surface area contributed by atoms with Crippen molar-refractivity contribution in [2.75, 3.05) is 14.1 Å². The molecule has 0 rings (SSSR count). The standard InChI is InChI=1S/C20H40N2O/c1-4-5-6-7-11-14-17-20(23)19(22(2)3)16-13-10-8-9-12-15-18-21/h19-20,23H,4-17H2,1-3H3. The fraction of sp³-hybridized carbons (Fsp3) is 0.950. The van der Waals surface area contributed by atoms with Gasteiger partial charge < -0.3 is 10.0 Å². The van der Waals surface area contributed by atoms with Crippen molar-refractivity contribution in [3.05, 3.63) is 0 Å². The van der Waals surface area contributed by atoms with E-state index in [0.717, 1.165) is 25.7 Å². The molecule has 0 fully saturated rings. The van der Waals surface area contributed by atoms with Crippen LogP contribution in [0.4, 0.5) is 0 Å². The fourth-order valence-electron chi connectivity index (χ4n) is 3.21. The Morgan fingerprint density at radius 1 is 0.826 bits per heavy atom. The maximum atomic E-state index is 10.5. The molecular formula is C20H40N2O. The molecule has 0 bridgehead atoms. The maximum Gasteiger partial charge on any atom is 0.0695 e. The number of nitrogens with zero attached hydrogens (tertiary/aromatic N) is 2. The van der Waals surface area contributed by atoms with Gasteiger partial charge in [-0.3, -0.25) is 0 Å². The topological polar surface area (TPSA) is 47.3 Å². The minimum absolute atomic E-state index is 0.185. The molecule has 0 aromatic carbocycles. The van der Waals surface area contributed by atoms with Gasteiger partial charge >= 0.3 is 0 Å². The number of likely N-dealkylation sites (N-methyl/N-ethyl adjacent to an activating group) is 1. The molecule has 23 heavy (non-hydrogen) atoms. The van der Waals surface area contributed by atoms with Crippen LogP contribution in [0, 0.1) is 11.3 Å². The van der Waals surface area contributed by atoms with Crippen LogP contribution in [0.15, 0.2) is 0 Å². The molecule has 0 aliphatic rings. The van der Waals surface area contributed by atoms with E-state index in [4.69, 9.17) is 5.26 Å². The number of aliphatic hydroxyl groups excluding tert-OH is 1. The lowest BCUT2D eigenvalue weighted by Crippen LogP contribution is -2.39. The summed E-state index contributed by atoms with van der Waals surface area (Å²) in [6, 6.07) is 2.50. The zero-order chi connectivity index (χ0) is 17.3. The highest BCUT2D eigenvalue weighted by molar-refractivity contribution is 4.76. The number of hydrogen-bond acceptors (Lipinski definition) is 3. The van der Waals surface area contributed by atoms with Crippen LogP contribution >= 0.6 is 0 Å². The van der Waals surface area contributed by atoms with Crippen LogP contribution in [0.25, 0.3) is 0 Å². The number of aliphatic hydroxyl groups is 1. The van der Waals surface area contributed by atoms with Crippen molar-refractivity contribution in [1.29, 1.82) is 5.26 Å². The number of hydrogen-bond donors (Lipinski definition) is 1. The highest BCUT2D eigenvalue weighted by atomic mass is 16.3. The lowest BCUT2D eigenvalue weighted by molar-refractivity contribution is 0.0608. The van der Waals surface area contributed by atoms with Crippen LogP contribution in [-0.2, 0) is 0 Å². The molecule has 0 radical (unpaired) electrons. The summed E-state index contributed by atoms with van der Waals surface area (Å²) in [6.07, 6.45) is 16.1. The zero-order valence-electron chi connectivity index (χ0n) is 15.9. The smallest absolute Gasteiger partial charge is 0.0695 e. The summed E-state index contributed by atoms with van der Waals surface area (Å²) < 4.78 is 0. The SMILES string of the molecule is CCCCCCCCC(O)C(CCCCCCCC#N)N(C)C. The quantitative estimate of drug-likeness (QED) is 0.393. The lowest BCUT2D eigenvalue weighted by atomic mass is 9.97. The van der Waals surface area contributed by atoms with Gasteiger partial charge in [-0.15, -0.1) is 0 Å². The van der Waals surface area contributed by atoms with E-state index in [1.807, 2.05) is 0 Å². The largest absolute Gasteiger partial charge is 0.391 e. The van der Waals surface area contributed by atoms with Gasteiger partial charge in [-0.2, -0.15) is 5.26 Å². The summed E-state index contributed by atoms with van der Waals surface area (Å²) in [4.78, 5) is 2.19. The van der Waals surface area contributed by atoms with E-state index < -0.39 is 0 Å². The van der Waals surface area contributed by atoms with Crippen molar-refractivity contribution in [2.45, 2.75) is 109 Å². The Balaban J connectivity index is 3.76. The van der Waals surface area contributed by atoms with Crippen molar-refractivity contribution >= 4 is 0 Å². The molecule has 0 aromatic rings. The summed E-state index contributed by atoms with van der Waals surface area (Å²) >= 11 is 0. The Bertz CT molecular complexity index is 286. The van der Waals surface area contributed by atoms with Crippen molar-refractivity contribution in [3.8, 4) is 6.07 Å². The first kappa shape index (κ1) is 22.4. The second-order valence-corrected chi connectivity index (χ2v) is 7.12. The average Bonchev–Trinajstić information content (AvgIpc) is 2.52. The summed E-state index contributed by atoms with van der Waals surface area (Å²) in [6.45, 7) is 2.25. The molecule has 3 nitrogen and oxygen atoms in total. The van der Waals surface area contributed by atoms with E-state index in [-0.39, 0.29) is 6.10 Å². The maximum absolute atomic E-state index is 10.5. The second-order valence-electron chi connectivity index (χ2n) is 7.12. The first-order valence-corrected chi connectivity index (χ1v) is 9.84. The van der Waals surface area contributed by atoms with Gasteiger partial charge in [-0.1, -0.05) is 71.1 Å². The van der Waals surface area contributed by atoms with Crippen molar-refractivity contribution in [2.24, 2.45) is 0 Å².